The summed E-state index contributed by atoms with van der Waals surface area (Å²) >= 11 is 6.05. The molecule has 0 spiro atoms. The average Bonchev–Trinajstić information content (AvgIpc) is 2.82. The number of halogens is 1. The quantitative estimate of drug-likeness (QED) is 0.420. The van der Waals surface area contributed by atoms with Gasteiger partial charge in [0, 0.05) is 23.8 Å². The zero-order chi connectivity index (χ0) is 24.7. The van der Waals surface area contributed by atoms with E-state index in [1.54, 1.807) is 44.2 Å². The van der Waals surface area contributed by atoms with Crippen molar-refractivity contribution in [1.29, 1.82) is 0 Å². The maximum atomic E-state index is 13.2. The number of hydrogen-bond donors (Lipinski definition) is 1. The molecular formula is C25H32ClN3O5. The number of nitrogens with zero attached hydrogens (tertiary/aromatic N) is 2. The van der Waals surface area contributed by atoms with E-state index in [1.165, 1.54) is 4.90 Å². The van der Waals surface area contributed by atoms with Crippen LogP contribution in [0, 0.1) is 5.92 Å². The Morgan fingerprint density at radius 3 is 2.38 bits per heavy atom. The second-order valence-corrected chi connectivity index (χ2v) is 8.65. The minimum Gasteiger partial charge on any atom is -0.466 e. The molecule has 184 valence electrons. The number of esters is 2. The number of rotatable bonds is 9. The van der Waals surface area contributed by atoms with Crippen LogP contribution < -0.4 is 5.32 Å². The van der Waals surface area contributed by atoms with Crippen molar-refractivity contribution in [3.63, 3.8) is 0 Å². The topological polar surface area (TPSA) is 88.2 Å². The van der Waals surface area contributed by atoms with Gasteiger partial charge in [-0.2, -0.15) is 0 Å². The molecule has 0 aliphatic carbocycles. The number of piperidine rings is 1. The lowest BCUT2D eigenvalue weighted by Crippen LogP contribution is -2.51. The third-order valence-corrected chi connectivity index (χ3v) is 6.28. The summed E-state index contributed by atoms with van der Waals surface area (Å²) in [5.41, 5.74) is 1.70. The number of benzene rings is 1. The van der Waals surface area contributed by atoms with E-state index in [1.807, 2.05) is 0 Å². The summed E-state index contributed by atoms with van der Waals surface area (Å²) in [7, 11) is 0. The van der Waals surface area contributed by atoms with Gasteiger partial charge in [0.15, 0.2) is 0 Å². The van der Waals surface area contributed by atoms with Crippen LogP contribution in [-0.2, 0) is 19.1 Å². The van der Waals surface area contributed by atoms with Crippen LogP contribution in [0.5, 0.6) is 0 Å². The number of amides is 2. The van der Waals surface area contributed by atoms with Crippen LogP contribution in [0.1, 0.15) is 38.3 Å². The van der Waals surface area contributed by atoms with Crippen LogP contribution >= 0.6 is 11.6 Å². The Morgan fingerprint density at radius 1 is 1.15 bits per heavy atom. The molecule has 1 aromatic carbocycles. The maximum absolute atomic E-state index is 13.2. The SMILES string of the molecule is C=CCN1C(=O)N[C@H](c2ccc(Cl)cc2)C(C(=O)OCC)=C1CN1CCC(C(=O)OCC)CC1. The highest BCUT2D eigenvalue weighted by Crippen LogP contribution is 2.33. The summed E-state index contributed by atoms with van der Waals surface area (Å²) in [6, 6.07) is 6.04. The summed E-state index contributed by atoms with van der Waals surface area (Å²) in [5.74, 6) is -0.773. The van der Waals surface area contributed by atoms with Crippen LogP contribution in [0.2, 0.25) is 5.02 Å². The number of nitrogens with one attached hydrogen (secondary N) is 1. The van der Waals surface area contributed by atoms with E-state index in [4.69, 9.17) is 21.1 Å². The number of carbonyl (C=O) groups excluding carboxylic acids is 3. The molecule has 1 atom stereocenters. The first-order valence-electron chi connectivity index (χ1n) is 11.6. The predicted octanol–water partition coefficient (Wildman–Crippen LogP) is 3.68. The van der Waals surface area contributed by atoms with Crippen molar-refractivity contribution in [2.75, 3.05) is 39.4 Å². The Bertz CT molecular complexity index is 938. The summed E-state index contributed by atoms with van der Waals surface area (Å²) in [4.78, 5) is 42.1. The molecule has 1 N–H and O–H groups in total. The molecule has 2 amide bonds. The summed E-state index contributed by atoms with van der Waals surface area (Å²) in [6.07, 6.45) is 2.95. The minimum absolute atomic E-state index is 0.129. The number of carbonyl (C=O) groups is 3. The first-order chi connectivity index (χ1) is 16.4. The smallest absolute Gasteiger partial charge is 0.338 e. The van der Waals surface area contributed by atoms with Crippen LogP contribution in [-0.4, -0.2) is 67.2 Å². The number of ether oxygens (including phenoxy) is 2. The zero-order valence-corrected chi connectivity index (χ0v) is 20.5. The van der Waals surface area contributed by atoms with Gasteiger partial charge < -0.3 is 14.8 Å². The van der Waals surface area contributed by atoms with Crippen molar-refractivity contribution in [2.24, 2.45) is 5.92 Å². The molecule has 1 aromatic rings. The largest absolute Gasteiger partial charge is 0.466 e. The van der Waals surface area contributed by atoms with Crippen molar-refractivity contribution < 1.29 is 23.9 Å². The second-order valence-electron chi connectivity index (χ2n) is 8.22. The van der Waals surface area contributed by atoms with Crippen molar-refractivity contribution in [3.05, 3.63) is 58.8 Å². The number of hydrogen-bond acceptors (Lipinski definition) is 6. The van der Waals surface area contributed by atoms with Gasteiger partial charge in [-0.05, 0) is 57.5 Å². The average molecular weight is 490 g/mol. The zero-order valence-electron chi connectivity index (χ0n) is 19.7. The lowest BCUT2D eigenvalue weighted by molar-refractivity contribution is -0.149. The Balaban J connectivity index is 1.95. The molecule has 0 saturated carbocycles. The van der Waals surface area contributed by atoms with E-state index < -0.39 is 12.0 Å². The van der Waals surface area contributed by atoms with Gasteiger partial charge in [0.2, 0.25) is 0 Å². The van der Waals surface area contributed by atoms with Gasteiger partial charge in [-0.15, -0.1) is 6.58 Å². The molecule has 3 rings (SSSR count). The highest BCUT2D eigenvalue weighted by molar-refractivity contribution is 6.30. The number of likely N-dealkylation sites (tertiary alicyclic amines) is 1. The monoisotopic (exact) mass is 489 g/mol. The fraction of sp³-hybridized carbons (Fsp3) is 0.480. The molecule has 8 nitrogen and oxygen atoms in total. The second kappa shape index (κ2) is 12.0. The molecule has 0 aromatic heterocycles. The predicted molar refractivity (Wildman–Crippen MR) is 129 cm³/mol. The van der Waals surface area contributed by atoms with Gasteiger partial charge in [-0.25, -0.2) is 9.59 Å². The lowest BCUT2D eigenvalue weighted by atomic mass is 9.93. The van der Waals surface area contributed by atoms with Crippen molar-refractivity contribution in [2.45, 2.75) is 32.7 Å². The molecule has 0 unspecified atom stereocenters. The molecular weight excluding hydrogens is 458 g/mol. The molecule has 1 fully saturated rings. The fourth-order valence-electron chi connectivity index (χ4n) is 4.35. The third kappa shape index (κ3) is 5.98. The van der Waals surface area contributed by atoms with Crippen LogP contribution in [0.4, 0.5) is 4.79 Å². The van der Waals surface area contributed by atoms with Gasteiger partial charge in [0.25, 0.3) is 0 Å². The van der Waals surface area contributed by atoms with Gasteiger partial charge in [0.1, 0.15) is 0 Å². The van der Waals surface area contributed by atoms with Crippen molar-refractivity contribution in [3.8, 4) is 0 Å². The molecule has 0 radical (unpaired) electrons. The lowest BCUT2D eigenvalue weighted by Gasteiger charge is -2.39. The van der Waals surface area contributed by atoms with E-state index in [9.17, 15) is 14.4 Å². The highest BCUT2D eigenvalue weighted by Gasteiger charge is 2.39. The third-order valence-electron chi connectivity index (χ3n) is 6.03. The van der Waals surface area contributed by atoms with Gasteiger partial charge in [0.05, 0.1) is 30.7 Å². The highest BCUT2D eigenvalue weighted by atomic mass is 35.5. The summed E-state index contributed by atoms with van der Waals surface area (Å²) < 4.78 is 10.6. The van der Waals surface area contributed by atoms with E-state index >= 15 is 0 Å². The molecule has 2 aliphatic rings. The Labute approximate surface area is 205 Å². The Hall–Kier alpha value is -2.84. The van der Waals surface area contributed by atoms with Crippen LogP contribution in [0.25, 0.3) is 0 Å². The van der Waals surface area contributed by atoms with Gasteiger partial charge in [-0.1, -0.05) is 29.8 Å². The molecule has 2 heterocycles. The van der Waals surface area contributed by atoms with Gasteiger partial charge >= 0.3 is 18.0 Å². The van der Waals surface area contributed by atoms with Crippen molar-refractivity contribution in [1.82, 2.24) is 15.1 Å². The molecule has 1 saturated heterocycles. The molecule has 9 heteroatoms. The van der Waals surface area contributed by atoms with E-state index in [0.29, 0.717) is 55.4 Å². The normalized spacial score (nSPS) is 19.6. The number of urea groups is 1. The fourth-order valence-corrected chi connectivity index (χ4v) is 4.48. The Kier molecular flexibility index (Phi) is 9.12. The van der Waals surface area contributed by atoms with E-state index in [2.05, 4.69) is 16.8 Å². The molecule has 34 heavy (non-hydrogen) atoms. The van der Waals surface area contributed by atoms with Crippen molar-refractivity contribution >= 4 is 29.6 Å². The maximum Gasteiger partial charge on any atom is 0.338 e. The molecule has 0 bridgehead atoms. The van der Waals surface area contributed by atoms with Crippen LogP contribution in [0.3, 0.4) is 0 Å². The summed E-state index contributed by atoms with van der Waals surface area (Å²) in [5, 5.41) is 3.50. The molecule has 2 aliphatic heterocycles. The first kappa shape index (κ1) is 25.8. The first-order valence-corrected chi connectivity index (χ1v) is 12.0. The Morgan fingerprint density at radius 2 is 1.79 bits per heavy atom. The summed E-state index contributed by atoms with van der Waals surface area (Å²) in [6.45, 7) is 9.82. The standard InChI is InChI=1S/C25H32ClN3O5/c1-4-13-29-20(16-28-14-11-18(12-15-28)23(30)33-5-2)21(24(31)34-6-3)22(27-25(29)32)17-7-9-19(26)10-8-17/h4,7-10,18,22H,1,5-6,11-16H2,2-3H3,(H,27,32)/t22-/m1/s1. The van der Waals surface area contributed by atoms with Crippen LogP contribution in [0.15, 0.2) is 48.2 Å². The van der Waals surface area contributed by atoms with E-state index in [0.717, 1.165) is 5.56 Å². The van der Waals surface area contributed by atoms with Gasteiger partial charge in [-0.3, -0.25) is 14.6 Å². The minimum atomic E-state index is -0.669. The van der Waals surface area contributed by atoms with E-state index in [-0.39, 0.29) is 31.1 Å².